The molecule has 2 aliphatic heterocycles. The second-order valence-corrected chi connectivity index (χ2v) is 4.30. The van der Waals surface area contributed by atoms with Crippen LogP contribution in [0.4, 0.5) is 11.4 Å². The summed E-state index contributed by atoms with van der Waals surface area (Å²) in [5.41, 5.74) is 2.67. The molecule has 3 heteroatoms. The van der Waals surface area contributed by atoms with E-state index in [1.807, 2.05) is 0 Å². The maximum absolute atomic E-state index is 3.45. The van der Waals surface area contributed by atoms with Crippen molar-refractivity contribution >= 4 is 11.4 Å². The highest BCUT2D eigenvalue weighted by molar-refractivity contribution is 5.74. The molecule has 2 heterocycles. The van der Waals surface area contributed by atoms with Gasteiger partial charge in [-0.25, -0.2) is 0 Å². The Labute approximate surface area is 90.5 Å². The van der Waals surface area contributed by atoms with Crippen molar-refractivity contribution in [3.05, 3.63) is 24.3 Å². The van der Waals surface area contributed by atoms with E-state index in [-0.39, 0.29) is 0 Å². The molecule has 0 saturated carbocycles. The topological polar surface area (TPSA) is 27.3 Å². The third kappa shape index (κ3) is 1.57. The van der Waals surface area contributed by atoms with Gasteiger partial charge in [-0.1, -0.05) is 12.1 Å². The van der Waals surface area contributed by atoms with Crippen LogP contribution in [0.3, 0.4) is 0 Å². The molecule has 1 saturated heterocycles. The van der Waals surface area contributed by atoms with Crippen molar-refractivity contribution in [3.8, 4) is 0 Å². The number of piperidine rings is 1. The number of nitrogens with one attached hydrogen (secondary N) is 2. The third-order valence-electron chi connectivity index (χ3n) is 3.40. The van der Waals surface area contributed by atoms with E-state index in [2.05, 4.69) is 39.8 Å². The number of nitrogens with zero attached hydrogens (tertiary/aromatic N) is 1. The maximum Gasteiger partial charge on any atom is 0.0880 e. The number of hydrogen-bond acceptors (Lipinski definition) is 3. The maximum atomic E-state index is 3.45. The molecular weight excluding hydrogens is 186 g/mol. The van der Waals surface area contributed by atoms with Gasteiger partial charge in [0.25, 0.3) is 0 Å². The van der Waals surface area contributed by atoms with Crippen LogP contribution in [0.1, 0.15) is 12.8 Å². The van der Waals surface area contributed by atoms with E-state index in [1.165, 1.54) is 24.2 Å². The van der Waals surface area contributed by atoms with Crippen LogP contribution in [0.2, 0.25) is 0 Å². The summed E-state index contributed by atoms with van der Waals surface area (Å²) in [4.78, 5) is 2.51. The number of rotatable bonds is 1. The monoisotopic (exact) mass is 203 g/mol. The lowest BCUT2D eigenvalue weighted by Gasteiger charge is -2.32. The summed E-state index contributed by atoms with van der Waals surface area (Å²) >= 11 is 0. The highest BCUT2D eigenvalue weighted by atomic mass is 15.3. The Hall–Kier alpha value is -1.22. The van der Waals surface area contributed by atoms with Gasteiger partial charge in [0, 0.05) is 6.04 Å². The Morgan fingerprint density at radius 1 is 1.13 bits per heavy atom. The van der Waals surface area contributed by atoms with Crippen molar-refractivity contribution in [2.45, 2.75) is 18.9 Å². The highest BCUT2D eigenvalue weighted by Gasteiger charge is 2.26. The van der Waals surface area contributed by atoms with E-state index in [4.69, 9.17) is 0 Å². The zero-order chi connectivity index (χ0) is 10.1. The second-order valence-electron chi connectivity index (χ2n) is 4.30. The first-order valence-electron chi connectivity index (χ1n) is 5.75. The number of fused-ring (bicyclic) bond motifs is 1. The minimum absolute atomic E-state index is 0.711. The fraction of sp³-hybridized carbons (Fsp3) is 0.500. The first-order chi connectivity index (χ1) is 7.45. The van der Waals surface area contributed by atoms with E-state index in [9.17, 15) is 0 Å². The van der Waals surface area contributed by atoms with Crippen LogP contribution in [-0.2, 0) is 0 Å². The zero-order valence-corrected chi connectivity index (χ0v) is 8.87. The Morgan fingerprint density at radius 3 is 2.80 bits per heavy atom. The van der Waals surface area contributed by atoms with Gasteiger partial charge in [0.05, 0.1) is 18.0 Å². The van der Waals surface area contributed by atoms with Gasteiger partial charge in [-0.3, -0.25) is 0 Å². The molecular formula is C12H17N3. The van der Waals surface area contributed by atoms with Crippen molar-refractivity contribution in [1.82, 2.24) is 5.32 Å². The Morgan fingerprint density at radius 2 is 1.93 bits per heavy atom. The molecule has 2 aliphatic rings. The lowest BCUT2D eigenvalue weighted by atomic mass is 10.0. The smallest absolute Gasteiger partial charge is 0.0880 e. The lowest BCUT2D eigenvalue weighted by molar-refractivity contribution is 0.438. The van der Waals surface area contributed by atoms with E-state index in [1.54, 1.807) is 0 Å². The molecule has 80 valence electrons. The third-order valence-corrected chi connectivity index (χ3v) is 3.40. The van der Waals surface area contributed by atoms with Crippen LogP contribution in [-0.4, -0.2) is 25.8 Å². The van der Waals surface area contributed by atoms with E-state index in [0.29, 0.717) is 6.04 Å². The highest BCUT2D eigenvalue weighted by Crippen LogP contribution is 2.33. The lowest BCUT2D eigenvalue weighted by Crippen LogP contribution is -2.43. The predicted molar refractivity (Wildman–Crippen MR) is 63.3 cm³/mol. The first-order valence-corrected chi connectivity index (χ1v) is 5.75. The molecule has 3 nitrogen and oxygen atoms in total. The molecule has 0 unspecified atom stereocenters. The standard InChI is InChI=1S/C12H17N3/c1-2-4-12-11(3-1)14-9-15(12)10-5-7-13-8-6-10/h1-4,10,13-14H,5-9H2. The van der Waals surface area contributed by atoms with Gasteiger partial charge in [0.1, 0.15) is 0 Å². The molecule has 0 radical (unpaired) electrons. The summed E-state index contributed by atoms with van der Waals surface area (Å²) in [6.45, 7) is 3.29. The van der Waals surface area contributed by atoms with Crippen LogP contribution in [0.5, 0.6) is 0 Å². The fourth-order valence-corrected chi connectivity index (χ4v) is 2.57. The number of benzene rings is 1. The van der Waals surface area contributed by atoms with Crippen LogP contribution >= 0.6 is 0 Å². The van der Waals surface area contributed by atoms with Crippen LogP contribution in [0.15, 0.2) is 24.3 Å². The zero-order valence-electron chi connectivity index (χ0n) is 8.87. The molecule has 0 atom stereocenters. The number of para-hydroxylation sites is 2. The molecule has 1 aromatic rings. The Kier molecular flexibility index (Phi) is 2.25. The SMILES string of the molecule is c1ccc2c(c1)NCN2C1CCNCC1. The second kappa shape index (κ2) is 3.74. The van der Waals surface area contributed by atoms with Gasteiger partial charge in [0.2, 0.25) is 0 Å². The van der Waals surface area contributed by atoms with Crippen LogP contribution in [0.25, 0.3) is 0 Å². The molecule has 0 bridgehead atoms. The molecule has 1 fully saturated rings. The van der Waals surface area contributed by atoms with E-state index < -0.39 is 0 Å². The molecule has 3 rings (SSSR count). The molecule has 1 aromatic carbocycles. The van der Waals surface area contributed by atoms with Crippen LogP contribution < -0.4 is 15.5 Å². The summed E-state index contributed by atoms with van der Waals surface area (Å²) in [5.74, 6) is 0. The Balaban J connectivity index is 1.83. The summed E-state index contributed by atoms with van der Waals surface area (Å²) in [5, 5.41) is 6.87. The summed E-state index contributed by atoms with van der Waals surface area (Å²) < 4.78 is 0. The molecule has 0 amide bonds. The first kappa shape index (κ1) is 9.04. The van der Waals surface area contributed by atoms with Gasteiger partial charge in [0.15, 0.2) is 0 Å². The summed E-state index contributed by atoms with van der Waals surface area (Å²) in [6.07, 6.45) is 2.52. The quantitative estimate of drug-likeness (QED) is 0.726. The minimum atomic E-state index is 0.711. The molecule has 2 N–H and O–H groups in total. The molecule has 0 aliphatic carbocycles. The van der Waals surface area contributed by atoms with Crippen molar-refractivity contribution in [1.29, 1.82) is 0 Å². The molecule has 15 heavy (non-hydrogen) atoms. The van der Waals surface area contributed by atoms with Gasteiger partial charge < -0.3 is 15.5 Å². The number of anilines is 2. The van der Waals surface area contributed by atoms with E-state index >= 15 is 0 Å². The van der Waals surface area contributed by atoms with Gasteiger partial charge in [-0.15, -0.1) is 0 Å². The molecule has 0 spiro atoms. The predicted octanol–water partition coefficient (Wildman–Crippen LogP) is 1.63. The minimum Gasteiger partial charge on any atom is -0.366 e. The Bertz CT molecular complexity index is 344. The normalized spacial score (nSPS) is 21.2. The van der Waals surface area contributed by atoms with Crippen molar-refractivity contribution in [3.63, 3.8) is 0 Å². The average Bonchev–Trinajstić information content (AvgIpc) is 2.74. The fourth-order valence-electron chi connectivity index (χ4n) is 2.57. The van der Waals surface area contributed by atoms with Gasteiger partial charge >= 0.3 is 0 Å². The van der Waals surface area contributed by atoms with Crippen molar-refractivity contribution in [2.75, 3.05) is 30.0 Å². The summed E-state index contributed by atoms with van der Waals surface area (Å²) in [6, 6.07) is 9.31. The van der Waals surface area contributed by atoms with Gasteiger partial charge in [-0.05, 0) is 38.1 Å². The van der Waals surface area contributed by atoms with Crippen LogP contribution in [0, 0.1) is 0 Å². The number of hydrogen-bond donors (Lipinski definition) is 2. The van der Waals surface area contributed by atoms with E-state index in [0.717, 1.165) is 19.8 Å². The van der Waals surface area contributed by atoms with Crippen molar-refractivity contribution < 1.29 is 0 Å². The largest absolute Gasteiger partial charge is 0.366 e. The summed E-state index contributed by atoms with van der Waals surface area (Å²) in [7, 11) is 0. The average molecular weight is 203 g/mol. The van der Waals surface area contributed by atoms with Gasteiger partial charge in [-0.2, -0.15) is 0 Å². The van der Waals surface area contributed by atoms with Crippen molar-refractivity contribution in [2.24, 2.45) is 0 Å². The molecule has 0 aromatic heterocycles.